The number of aromatic nitrogens is 2. The van der Waals surface area contributed by atoms with Crippen LogP contribution in [0.1, 0.15) is 31.0 Å². The van der Waals surface area contributed by atoms with E-state index in [0.717, 1.165) is 5.56 Å². The van der Waals surface area contributed by atoms with Crippen LogP contribution in [0.4, 0.5) is 0 Å². The molecule has 0 aliphatic carbocycles. The third-order valence-electron chi connectivity index (χ3n) is 3.89. The molecule has 0 radical (unpaired) electrons. The molecule has 6 heteroatoms. The van der Waals surface area contributed by atoms with Gasteiger partial charge >= 0.3 is 0 Å². The van der Waals surface area contributed by atoms with Crippen molar-refractivity contribution in [3.05, 3.63) is 65.9 Å². The number of fused-ring (bicyclic) bond motifs is 1. The molecule has 136 valence electrons. The molecule has 1 unspecified atom stereocenters. The van der Waals surface area contributed by atoms with E-state index in [-0.39, 0.29) is 17.7 Å². The lowest BCUT2D eigenvalue weighted by atomic mass is 10.1. The van der Waals surface area contributed by atoms with E-state index in [0.29, 0.717) is 17.6 Å². The van der Waals surface area contributed by atoms with Crippen molar-refractivity contribution in [3.63, 3.8) is 0 Å². The summed E-state index contributed by atoms with van der Waals surface area (Å²) < 4.78 is 5.74. The number of para-hydroxylation sites is 2. The second kappa shape index (κ2) is 8.28. The van der Waals surface area contributed by atoms with Gasteiger partial charge in [0.15, 0.2) is 5.92 Å². The van der Waals surface area contributed by atoms with Gasteiger partial charge in [0.25, 0.3) is 0 Å². The summed E-state index contributed by atoms with van der Waals surface area (Å²) in [4.78, 5) is 21.6. The third-order valence-corrected chi connectivity index (χ3v) is 3.89. The monoisotopic (exact) mass is 360 g/mol. The highest BCUT2D eigenvalue weighted by Gasteiger charge is 2.27. The zero-order valence-corrected chi connectivity index (χ0v) is 15.2. The minimum Gasteiger partial charge on any atom is -0.474 e. The second-order valence-corrected chi connectivity index (χ2v) is 6.33. The van der Waals surface area contributed by atoms with Gasteiger partial charge < -0.3 is 10.1 Å². The Kier molecular flexibility index (Phi) is 5.62. The van der Waals surface area contributed by atoms with Crippen LogP contribution in [0.25, 0.3) is 11.0 Å². The van der Waals surface area contributed by atoms with Crippen molar-refractivity contribution in [2.75, 3.05) is 0 Å². The van der Waals surface area contributed by atoms with Crippen LogP contribution in [0.3, 0.4) is 0 Å². The van der Waals surface area contributed by atoms with Crippen molar-refractivity contribution < 1.29 is 9.53 Å². The zero-order valence-electron chi connectivity index (χ0n) is 15.2. The number of nitrogens with one attached hydrogen (secondary N) is 1. The number of ether oxygens (including phenoxy) is 1. The topological polar surface area (TPSA) is 87.9 Å². The molecular formula is C21H20N4O2. The van der Waals surface area contributed by atoms with Crippen LogP contribution in [-0.2, 0) is 11.3 Å². The van der Waals surface area contributed by atoms with Crippen LogP contribution in [0.2, 0.25) is 0 Å². The number of nitriles is 1. The number of nitrogens with zero attached hydrogens (tertiary/aromatic N) is 3. The molecule has 3 aromatic rings. The molecule has 3 rings (SSSR count). The van der Waals surface area contributed by atoms with Crippen LogP contribution in [0, 0.1) is 11.3 Å². The van der Waals surface area contributed by atoms with Gasteiger partial charge in [0, 0.05) is 6.54 Å². The number of hydrogen-bond acceptors (Lipinski definition) is 5. The maximum atomic E-state index is 12.7. The molecule has 0 aliphatic rings. The molecule has 0 fully saturated rings. The average Bonchev–Trinajstić information content (AvgIpc) is 2.67. The first kappa shape index (κ1) is 18.3. The fraction of sp³-hybridized carbons (Fsp3) is 0.238. The van der Waals surface area contributed by atoms with E-state index < -0.39 is 11.8 Å². The van der Waals surface area contributed by atoms with E-state index in [1.807, 2.05) is 68.4 Å². The van der Waals surface area contributed by atoms with E-state index in [4.69, 9.17) is 4.74 Å². The molecule has 0 spiro atoms. The van der Waals surface area contributed by atoms with E-state index >= 15 is 0 Å². The van der Waals surface area contributed by atoms with Crippen LogP contribution < -0.4 is 10.1 Å². The number of hydrogen-bond donors (Lipinski definition) is 1. The number of rotatable bonds is 6. The summed E-state index contributed by atoms with van der Waals surface area (Å²) in [5.74, 6) is -1.33. The highest BCUT2D eigenvalue weighted by atomic mass is 16.5. The van der Waals surface area contributed by atoms with Crippen molar-refractivity contribution >= 4 is 16.9 Å². The maximum Gasteiger partial charge on any atom is 0.244 e. The Labute approximate surface area is 157 Å². The lowest BCUT2D eigenvalue weighted by Crippen LogP contribution is -2.29. The number of carbonyl (C=O) groups excluding carboxylic acids is 1. The fourth-order valence-electron chi connectivity index (χ4n) is 2.63. The normalized spacial score (nSPS) is 11.8. The standard InChI is InChI=1S/C21H20N4O2/c1-14(2)27-21-19(24-17-10-6-7-11-18(17)25-21)16(12-22)20(26)23-13-15-8-4-3-5-9-15/h3-11,14,16H,13H2,1-2H3,(H,23,26). The van der Waals surface area contributed by atoms with Crippen molar-refractivity contribution in [3.8, 4) is 11.9 Å². The summed E-state index contributed by atoms with van der Waals surface area (Å²) >= 11 is 0. The first-order chi connectivity index (χ1) is 13.1. The van der Waals surface area contributed by atoms with Gasteiger partial charge in [-0.2, -0.15) is 5.26 Å². The van der Waals surface area contributed by atoms with Gasteiger partial charge in [-0.05, 0) is 31.5 Å². The van der Waals surface area contributed by atoms with Crippen molar-refractivity contribution in [2.45, 2.75) is 32.4 Å². The minimum atomic E-state index is -1.11. The van der Waals surface area contributed by atoms with Gasteiger partial charge in [-0.1, -0.05) is 42.5 Å². The molecule has 6 nitrogen and oxygen atoms in total. The Bertz CT molecular complexity index is 980. The van der Waals surface area contributed by atoms with Gasteiger partial charge in [-0.3, -0.25) is 4.79 Å². The summed E-state index contributed by atoms with van der Waals surface area (Å²) in [5.41, 5.74) is 2.44. The Morgan fingerprint density at radius 1 is 1.07 bits per heavy atom. The fourth-order valence-corrected chi connectivity index (χ4v) is 2.63. The Hall–Kier alpha value is -3.46. The molecule has 1 atom stereocenters. The molecule has 27 heavy (non-hydrogen) atoms. The first-order valence-corrected chi connectivity index (χ1v) is 8.73. The smallest absolute Gasteiger partial charge is 0.244 e. The summed E-state index contributed by atoms with van der Waals surface area (Å²) in [6.07, 6.45) is -0.161. The zero-order chi connectivity index (χ0) is 19.2. The lowest BCUT2D eigenvalue weighted by Gasteiger charge is -2.16. The number of amides is 1. The Morgan fingerprint density at radius 2 is 1.70 bits per heavy atom. The maximum absolute atomic E-state index is 12.7. The van der Waals surface area contributed by atoms with Gasteiger partial charge in [-0.25, -0.2) is 9.97 Å². The Morgan fingerprint density at radius 3 is 2.33 bits per heavy atom. The predicted molar refractivity (Wildman–Crippen MR) is 102 cm³/mol. The quantitative estimate of drug-likeness (QED) is 0.728. The lowest BCUT2D eigenvalue weighted by molar-refractivity contribution is -0.121. The van der Waals surface area contributed by atoms with Crippen LogP contribution in [0.5, 0.6) is 5.88 Å². The molecular weight excluding hydrogens is 340 g/mol. The van der Waals surface area contributed by atoms with Gasteiger partial charge in [-0.15, -0.1) is 0 Å². The van der Waals surface area contributed by atoms with Gasteiger partial charge in [0.1, 0.15) is 5.69 Å². The minimum absolute atomic E-state index is 0.161. The largest absolute Gasteiger partial charge is 0.474 e. The molecule has 1 heterocycles. The van der Waals surface area contributed by atoms with Crippen LogP contribution in [0.15, 0.2) is 54.6 Å². The summed E-state index contributed by atoms with van der Waals surface area (Å²) in [5, 5.41) is 12.4. The molecule has 1 N–H and O–H groups in total. The molecule has 0 aliphatic heterocycles. The van der Waals surface area contributed by atoms with Crippen molar-refractivity contribution in [1.29, 1.82) is 5.26 Å². The van der Waals surface area contributed by atoms with Crippen LogP contribution in [-0.4, -0.2) is 22.0 Å². The van der Waals surface area contributed by atoms with Crippen LogP contribution >= 0.6 is 0 Å². The predicted octanol–water partition coefficient (Wildman–Crippen LogP) is 3.34. The summed E-state index contributed by atoms with van der Waals surface area (Å²) in [6.45, 7) is 4.05. The summed E-state index contributed by atoms with van der Waals surface area (Å²) in [7, 11) is 0. The average molecular weight is 360 g/mol. The third kappa shape index (κ3) is 4.39. The molecule has 1 amide bonds. The van der Waals surface area contributed by atoms with E-state index in [2.05, 4.69) is 15.3 Å². The molecule has 0 bridgehead atoms. The van der Waals surface area contributed by atoms with Crippen molar-refractivity contribution in [2.24, 2.45) is 0 Å². The first-order valence-electron chi connectivity index (χ1n) is 8.73. The van der Waals surface area contributed by atoms with E-state index in [9.17, 15) is 10.1 Å². The Balaban J connectivity index is 1.91. The molecule has 1 aromatic heterocycles. The molecule has 0 saturated heterocycles. The number of carbonyl (C=O) groups is 1. The van der Waals surface area contributed by atoms with E-state index in [1.54, 1.807) is 6.07 Å². The number of benzene rings is 2. The second-order valence-electron chi connectivity index (χ2n) is 6.33. The molecule has 0 saturated carbocycles. The summed E-state index contributed by atoms with van der Waals surface area (Å²) in [6, 6.07) is 18.8. The highest BCUT2D eigenvalue weighted by molar-refractivity contribution is 5.87. The molecule has 2 aromatic carbocycles. The van der Waals surface area contributed by atoms with E-state index in [1.165, 1.54) is 0 Å². The van der Waals surface area contributed by atoms with Crippen molar-refractivity contribution in [1.82, 2.24) is 15.3 Å². The van der Waals surface area contributed by atoms with Gasteiger partial charge in [0.2, 0.25) is 11.8 Å². The highest BCUT2D eigenvalue weighted by Crippen LogP contribution is 2.27. The SMILES string of the molecule is CC(C)Oc1nc2ccccc2nc1C(C#N)C(=O)NCc1ccccc1. The van der Waals surface area contributed by atoms with Gasteiger partial charge in [0.05, 0.1) is 23.2 Å².